The first-order chi connectivity index (χ1) is 15.1. The predicted octanol–water partition coefficient (Wildman–Crippen LogP) is 5.08. The van der Waals surface area contributed by atoms with Gasteiger partial charge in [0.25, 0.3) is 5.69 Å². The van der Waals surface area contributed by atoms with E-state index in [1.165, 1.54) is 32.1 Å². The Hall–Kier alpha value is -2.80. The molecule has 1 aliphatic heterocycles. The van der Waals surface area contributed by atoms with Crippen molar-refractivity contribution in [3.63, 3.8) is 0 Å². The smallest absolute Gasteiger partial charge is 0.294 e. The number of hydrogen-bond donors (Lipinski definition) is 2. The van der Waals surface area contributed by atoms with Crippen molar-refractivity contribution >= 4 is 28.4 Å². The third-order valence-corrected chi connectivity index (χ3v) is 6.51. The van der Waals surface area contributed by atoms with Crippen LogP contribution in [0.2, 0.25) is 0 Å². The quantitative estimate of drug-likeness (QED) is 0.478. The summed E-state index contributed by atoms with van der Waals surface area (Å²) < 4.78 is 0. The van der Waals surface area contributed by atoms with E-state index in [9.17, 15) is 10.1 Å². The molecule has 0 radical (unpaired) electrons. The molecule has 1 saturated heterocycles. The maximum atomic E-state index is 11.9. The van der Waals surface area contributed by atoms with Crippen LogP contribution in [-0.2, 0) is 0 Å². The highest BCUT2D eigenvalue weighted by Gasteiger charge is 2.24. The lowest BCUT2D eigenvalue weighted by molar-refractivity contribution is -0.383. The van der Waals surface area contributed by atoms with E-state index < -0.39 is 0 Å². The number of hydrogen-bond acceptors (Lipinski definition) is 6. The number of piperazine rings is 1. The lowest BCUT2D eigenvalue weighted by Crippen LogP contribution is -2.44. The number of likely N-dealkylation sites (N-methyl/N-ethyl adjacent to an activating group) is 1. The zero-order chi connectivity index (χ0) is 21.6. The summed E-state index contributed by atoms with van der Waals surface area (Å²) in [5.41, 5.74) is 3.49. The van der Waals surface area contributed by atoms with Crippen LogP contribution in [0.1, 0.15) is 32.1 Å². The van der Waals surface area contributed by atoms with Crippen LogP contribution in [0, 0.1) is 16.0 Å². The summed E-state index contributed by atoms with van der Waals surface area (Å²) in [6.07, 6.45) is 6.26. The SMILES string of the molecule is CN1CCN(c2cc(NCC3CCCCC3)c([N+](=O)[O-])cc2Nc2ccccc2)CC1. The highest BCUT2D eigenvalue weighted by molar-refractivity contribution is 5.84. The molecular weight excluding hydrogens is 390 g/mol. The van der Waals surface area contributed by atoms with E-state index in [-0.39, 0.29) is 10.6 Å². The van der Waals surface area contributed by atoms with Gasteiger partial charge >= 0.3 is 0 Å². The van der Waals surface area contributed by atoms with Gasteiger partial charge in [-0.05, 0) is 44.0 Å². The van der Waals surface area contributed by atoms with E-state index in [0.717, 1.165) is 49.8 Å². The maximum absolute atomic E-state index is 11.9. The normalized spacial score (nSPS) is 18.0. The minimum absolute atomic E-state index is 0.132. The molecule has 7 nitrogen and oxygen atoms in total. The van der Waals surface area contributed by atoms with Gasteiger partial charge in [-0.1, -0.05) is 37.5 Å². The molecule has 0 amide bonds. The third kappa shape index (κ3) is 5.47. The van der Waals surface area contributed by atoms with Crippen LogP contribution in [-0.4, -0.2) is 49.6 Å². The fraction of sp³-hybridized carbons (Fsp3) is 0.500. The molecule has 1 saturated carbocycles. The lowest BCUT2D eigenvalue weighted by atomic mass is 9.89. The van der Waals surface area contributed by atoms with Gasteiger partial charge in [-0.25, -0.2) is 0 Å². The van der Waals surface area contributed by atoms with E-state index in [1.54, 1.807) is 6.07 Å². The first-order valence-corrected chi connectivity index (χ1v) is 11.4. The molecule has 0 bridgehead atoms. The van der Waals surface area contributed by atoms with Gasteiger partial charge in [-0.3, -0.25) is 10.1 Å². The number of rotatable bonds is 7. The van der Waals surface area contributed by atoms with Crippen LogP contribution in [0.5, 0.6) is 0 Å². The molecule has 166 valence electrons. The standard InChI is InChI=1S/C24H33N5O2/c1-27-12-14-28(15-13-27)23-16-21(25-18-19-8-4-2-5-9-19)24(29(30)31)17-22(23)26-20-10-6-3-7-11-20/h3,6-7,10-11,16-17,19,25-26H,2,4-5,8-9,12-15,18H2,1H3. The summed E-state index contributed by atoms with van der Waals surface area (Å²) in [6.45, 7) is 4.56. The Kier molecular flexibility index (Phi) is 6.92. The van der Waals surface area contributed by atoms with Gasteiger partial charge < -0.3 is 20.4 Å². The van der Waals surface area contributed by atoms with Gasteiger partial charge in [0.05, 0.1) is 16.3 Å². The van der Waals surface area contributed by atoms with Gasteiger partial charge in [-0.15, -0.1) is 0 Å². The molecule has 1 aliphatic carbocycles. The second-order valence-electron chi connectivity index (χ2n) is 8.81. The lowest BCUT2D eigenvalue weighted by Gasteiger charge is -2.35. The van der Waals surface area contributed by atoms with E-state index in [0.29, 0.717) is 11.6 Å². The second kappa shape index (κ2) is 10.0. The topological polar surface area (TPSA) is 73.7 Å². The summed E-state index contributed by atoms with van der Waals surface area (Å²) >= 11 is 0. The monoisotopic (exact) mass is 423 g/mol. The van der Waals surface area contributed by atoms with Gasteiger partial charge in [-0.2, -0.15) is 0 Å². The van der Waals surface area contributed by atoms with Gasteiger partial charge in [0.2, 0.25) is 0 Å². The highest BCUT2D eigenvalue weighted by atomic mass is 16.6. The molecule has 0 aromatic heterocycles. The molecule has 4 rings (SSSR count). The van der Waals surface area contributed by atoms with Crippen LogP contribution < -0.4 is 15.5 Å². The average Bonchev–Trinajstić information content (AvgIpc) is 2.80. The van der Waals surface area contributed by atoms with Crippen molar-refractivity contribution in [2.45, 2.75) is 32.1 Å². The fourth-order valence-electron chi connectivity index (χ4n) is 4.60. The summed E-state index contributed by atoms with van der Waals surface area (Å²) in [7, 11) is 2.13. The van der Waals surface area contributed by atoms with Crippen molar-refractivity contribution in [3.8, 4) is 0 Å². The van der Waals surface area contributed by atoms with Crippen molar-refractivity contribution in [3.05, 3.63) is 52.6 Å². The van der Waals surface area contributed by atoms with Crippen molar-refractivity contribution in [1.29, 1.82) is 0 Å². The van der Waals surface area contributed by atoms with Gasteiger partial charge in [0.1, 0.15) is 5.69 Å². The van der Waals surface area contributed by atoms with Crippen LogP contribution in [0.3, 0.4) is 0 Å². The van der Waals surface area contributed by atoms with Crippen molar-refractivity contribution in [1.82, 2.24) is 4.90 Å². The van der Waals surface area contributed by atoms with Crippen LogP contribution in [0.4, 0.5) is 28.4 Å². The second-order valence-corrected chi connectivity index (χ2v) is 8.81. The zero-order valence-electron chi connectivity index (χ0n) is 18.3. The van der Waals surface area contributed by atoms with Gasteiger partial charge in [0.15, 0.2) is 0 Å². The first-order valence-electron chi connectivity index (χ1n) is 11.4. The molecule has 31 heavy (non-hydrogen) atoms. The number of nitro benzene ring substituents is 1. The van der Waals surface area contributed by atoms with Gasteiger partial charge in [0, 0.05) is 44.5 Å². The molecular formula is C24H33N5O2. The highest BCUT2D eigenvalue weighted by Crippen LogP contribution is 2.39. The Labute approximate surface area is 184 Å². The molecule has 2 fully saturated rings. The molecule has 0 spiro atoms. The van der Waals surface area contributed by atoms with Crippen LogP contribution in [0.25, 0.3) is 0 Å². The summed E-state index contributed by atoms with van der Waals surface area (Å²) in [6, 6.07) is 13.5. The first kappa shape index (κ1) is 21.4. The molecule has 7 heteroatoms. The summed E-state index contributed by atoms with van der Waals surface area (Å²) in [5, 5.41) is 18.8. The molecule has 2 aromatic rings. The largest absolute Gasteiger partial charge is 0.379 e. The number of anilines is 4. The van der Waals surface area contributed by atoms with E-state index in [1.807, 2.05) is 36.4 Å². The zero-order valence-corrected chi connectivity index (χ0v) is 18.3. The Morgan fingerprint density at radius 3 is 2.39 bits per heavy atom. The maximum Gasteiger partial charge on any atom is 0.294 e. The Bertz CT molecular complexity index is 875. The molecule has 2 aromatic carbocycles. The van der Waals surface area contributed by atoms with Crippen molar-refractivity contribution in [2.75, 3.05) is 55.3 Å². The molecule has 2 aliphatic rings. The number of benzene rings is 2. The van der Waals surface area contributed by atoms with Crippen molar-refractivity contribution in [2.24, 2.45) is 5.92 Å². The van der Waals surface area contributed by atoms with E-state index >= 15 is 0 Å². The molecule has 0 atom stereocenters. The van der Waals surface area contributed by atoms with E-state index in [2.05, 4.69) is 27.5 Å². The van der Waals surface area contributed by atoms with Crippen molar-refractivity contribution < 1.29 is 4.92 Å². The van der Waals surface area contributed by atoms with Crippen LogP contribution >= 0.6 is 0 Å². The molecule has 1 heterocycles. The number of nitrogens with one attached hydrogen (secondary N) is 2. The Morgan fingerprint density at radius 1 is 1.00 bits per heavy atom. The minimum Gasteiger partial charge on any atom is -0.379 e. The summed E-state index contributed by atoms with van der Waals surface area (Å²) in [4.78, 5) is 16.3. The molecule has 2 N–H and O–H groups in total. The fourth-order valence-corrected chi connectivity index (χ4v) is 4.60. The Morgan fingerprint density at radius 2 is 1.71 bits per heavy atom. The minimum atomic E-state index is -0.271. The van der Waals surface area contributed by atoms with Crippen LogP contribution in [0.15, 0.2) is 42.5 Å². The molecule has 0 unspecified atom stereocenters. The predicted molar refractivity (Wildman–Crippen MR) is 128 cm³/mol. The number of nitrogens with zero attached hydrogens (tertiary/aromatic N) is 3. The Balaban J connectivity index is 1.65. The average molecular weight is 424 g/mol. The number of nitro groups is 1. The summed E-state index contributed by atoms with van der Waals surface area (Å²) in [5.74, 6) is 0.600. The number of para-hydroxylation sites is 1. The third-order valence-electron chi connectivity index (χ3n) is 6.51. The van der Waals surface area contributed by atoms with E-state index in [4.69, 9.17) is 0 Å².